The van der Waals surface area contributed by atoms with E-state index >= 15 is 0 Å². The maximum atomic E-state index is 6.01. The summed E-state index contributed by atoms with van der Waals surface area (Å²) in [6.07, 6.45) is 6.74. The molecular formula is C16H26N4. The van der Waals surface area contributed by atoms with Gasteiger partial charge in [-0.15, -0.1) is 0 Å². The third-order valence-corrected chi connectivity index (χ3v) is 4.71. The Morgan fingerprint density at radius 2 is 1.90 bits per heavy atom. The molecule has 4 nitrogen and oxygen atoms in total. The van der Waals surface area contributed by atoms with Crippen LogP contribution in [0.3, 0.4) is 0 Å². The van der Waals surface area contributed by atoms with Gasteiger partial charge in [0.05, 0.1) is 0 Å². The summed E-state index contributed by atoms with van der Waals surface area (Å²) in [6, 6.07) is 2.62. The molecular weight excluding hydrogens is 248 g/mol. The van der Waals surface area contributed by atoms with Crippen molar-refractivity contribution >= 4 is 11.6 Å². The van der Waals surface area contributed by atoms with E-state index in [1.807, 2.05) is 6.07 Å². The minimum Gasteiger partial charge on any atom is -0.384 e. The number of anilines is 2. The summed E-state index contributed by atoms with van der Waals surface area (Å²) in [5.74, 6) is 3.35. The minimum atomic E-state index is -0.0597. The minimum absolute atomic E-state index is 0.0597. The zero-order chi connectivity index (χ0) is 14.3. The lowest BCUT2D eigenvalue weighted by Gasteiger charge is -2.33. The molecule has 2 aliphatic rings. The van der Waals surface area contributed by atoms with Crippen molar-refractivity contribution < 1.29 is 0 Å². The maximum Gasteiger partial charge on any atom is 0.138 e. The van der Waals surface area contributed by atoms with E-state index in [-0.39, 0.29) is 5.41 Å². The average Bonchev–Trinajstić information content (AvgIpc) is 2.80. The Kier molecular flexibility index (Phi) is 3.35. The number of nitrogens with two attached hydrogens (primary N) is 1. The summed E-state index contributed by atoms with van der Waals surface area (Å²) in [4.78, 5) is 11.7. The molecule has 1 aromatic heterocycles. The van der Waals surface area contributed by atoms with Crippen molar-refractivity contribution in [2.24, 2.45) is 5.92 Å². The molecule has 0 amide bonds. The zero-order valence-corrected chi connectivity index (χ0v) is 12.9. The van der Waals surface area contributed by atoms with Crippen LogP contribution in [0.5, 0.6) is 0 Å². The highest BCUT2D eigenvalue weighted by atomic mass is 15.2. The van der Waals surface area contributed by atoms with Crippen molar-refractivity contribution in [2.45, 2.75) is 64.3 Å². The third kappa shape index (κ3) is 2.48. The highest BCUT2D eigenvalue weighted by Gasteiger charge is 2.36. The number of nitrogen functional groups attached to an aromatic ring is 1. The lowest BCUT2D eigenvalue weighted by Crippen LogP contribution is -2.35. The normalized spacial score (nSPS) is 26.6. The van der Waals surface area contributed by atoms with E-state index < -0.39 is 0 Å². The number of aromatic nitrogens is 2. The Morgan fingerprint density at radius 3 is 2.65 bits per heavy atom. The predicted molar refractivity (Wildman–Crippen MR) is 82.9 cm³/mol. The van der Waals surface area contributed by atoms with Crippen LogP contribution in [0.4, 0.5) is 11.6 Å². The first-order chi connectivity index (χ1) is 9.45. The molecule has 2 unspecified atom stereocenters. The van der Waals surface area contributed by atoms with E-state index in [1.165, 1.54) is 32.1 Å². The first-order valence-corrected chi connectivity index (χ1v) is 7.87. The molecule has 1 aromatic rings. The van der Waals surface area contributed by atoms with Gasteiger partial charge in [-0.05, 0) is 25.2 Å². The van der Waals surface area contributed by atoms with E-state index in [0.717, 1.165) is 24.1 Å². The average molecular weight is 274 g/mol. The van der Waals surface area contributed by atoms with Gasteiger partial charge in [0, 0.05) is 24.1 Å². The molecule has 0 spiro atoms. The molecule has 1 aliphatic heterocycles. The van der Waals surface area contributed by atoms with Crippen LogP contribution in [0.1, 0.15) is 58.7 Å². The molecule has 1 saturated heterocycles. The van der Waals surface area contributed by atoms with Gasteiger partial charge in [-0.3, -0.25) is 0 Å². The highest BCUT2D eigenvalue weighted by Crippen LogP contribution is 2.38. The van der Waals surface area contributed by atoms with Crippen molar-refractivity contribution in [3.8, 4) is 0 Å². The molecule has 4 heteroatoms. The van der Waals surface area contributed by atoms with Gasteiger partial charge in [0.2, 0.25) is 0 Å². The molecule has 2 heterocycles. The number of nitrogens with zero attached hydrogens (tertiary/aromatic N) is 3. The smallest absolute Gasteiger partial charge is 0.138 e. The van der Waals surface area contributed by atoms with Crippen LogP contribution in [-0.4, -0.2) is 22.6 Å². The van der Waals surface area contributed by atoms with Gasteiger partial charge < -0.3 is 10.6 Å². The van der Waals surface area contributed by atoms with E-state index in [0.29, 0.717) is 11.9 Å². The molecule has 1 saturated carbocycles. The zero-order valence-electron chi connectivity index (χ0n) is 12.9. The highest BCUT2D eigenvalue weighted by molar-refractivity contribution is 5.49. The van der Waals surface area contributed by atoms with Crippen molar-refractivity contribution in [2.75, 3.05) is 17.2 Å². The van der Waals surface area contributed by atoms with Crippen LogP contribution in [0, 0.1) is 5.92 Å². The van der Waals surface area contributed by atoms with Gasteiger partial charge in [-0.25, -0.2) is 9.97 Å². The van der Waals surface area contributed by atoms with E-state index in [4.69, 9.17) is 10.7 Å². The fourth-order valence-corrected chi connectivity index (χ4v) is 3.63. The maximum absolute atomic E-state index is 6.01. The second kappa shape index (κ2) is 4.90. The second-order valence-corrected chi connectivity index (χ2v) is 7.32. The second-order valence-electron chi connectivity index (χ2n) is 7.32. The van der Waals surface area contributed by atoms with Crippen molar-refractivity contribution in [3.63, 3.8) is 0 Å². The van der Waals surface area contributed by atoms with E-state index in [9.17, 15) is 0 Å². The third-order valence-electron chi connectivity index (χ3n) is 4.71. The molecule has 0 aromatic carbocycles. The molecule has 1 aliphatic carbocycles. The van der Waals surface area contributed by atoms with E-state index in [1.54, 1.807) is 0 Å². The Labute approximate surface area is 121 Å². The number of fused-ring (bicyclic) bond motifs is 1. The van der Waals surface area contributed by atoms with Gasteiger partial charge in [0.15, 0.2) is 0 Å². The SMILES string of the molecule is CC(C)(C)c1nc(N)cc(N2CCC3CCCCC32)n1. The van der Waals surface area contributed by atoms with Gasteiger partial charge >= 0.3 is 0 Å². The molecule has 2 N–H and O–H groups in total. The molecule has 2 atom stereocenters. The Morgan fingerprint density at radius 1 is 1.15 bits per heavy atom. The van der Waals surface area contributed by atoms with Crippen LogP contribution < -0.4 is 10.6 Å². The van der Waals surface area contributed by atoms with Crippen molar-refractivity contribution in [3.05, 3.63) is 11.9 Å². The molecule has 0 radical (unpaired) electrons. The number of hydrogen-bond acceptors (Lipinski definition) is 4. The van der Waals surface area contributed by atoms with Crippen LogP contribution in [0.25, 0.3) is 0 Å². The van der Waals surface area contributed by atoms with Gasteiger partial charge in [0.25, 0.3) is 0 Å². The summed E-state index contributed by atoms with van der Waals surface area (Å²) in [5.41, 5.74) is 5.95. The molecule has 20 heavy (non-hydrogen) atoms. The monoisotopic (exact) mass is 274 g/mol. The Bertz CT molecular complexity index is 492. The molecule has 110 valence electrons. The Hall–Kier alpha value is -1.32. The lowest BCUT2D eigenvalue weighted by atomic mass is 9.85. The molecule has 0 bridgehead atoms. The van der Waals surface area contributed by atoms with Crippen LogP contribution in [0.15, 0.2) is 6.07 Å². The summed E-state index contributed by atoms with van der Waals surface area (Å²) >= 11 is 0. The largest absolute Gasteiger partial charge is 0.384 e. The topological polar surface area (TPSA) is 55.0 Å². The fraction of sp³-hybridized carbons (Fsp3) is 0.750. The van der Waals surface area contributed by atoms with E-state index in [2.05, 4.69) is 30.7 Å². The van der Waals surface area contributed by atoms with Gasteiger partial charge in [0.1, 0.15) is 17.5 Å². The first-order valence-electron chi connectivity index (χ1n) is 7.87. The summed E-state index contributed by atoms with van der Waals surface area (Å²) < 4.78 is 0. The number of rotatable bonds is 1. The number of hydrogen-bond donors (Lipinski definition) is 1. The fourth-order valence-electron chi connectivity index (χ4n) is 3.63. The molecule has 3 rings (SSSR count). The Balaban J connectivity index is 1.92. The standard InChI is InChI=1S/C16H26N4/c1-16(2,3)15-18-13(17)10-14(19-15)20-9-8-11-6-4-5-7-12(11)20/h10-12H,4-9H2,1-3H3,(H2,17,18,19). The quantitative estimate of drug-likeness (QED) is 0.855. The summed E-state index contributed by atoms with van der Waals surface area (Å²) in [6.45, 7) is 7.53. The molecule has 2 fully saturated rings. The summed E-state index contributed by atoms with van der Waals surface area (Å²) in [7, 11) is 0. The van der Waals surface area contributed by atoms with Crippen molar-refractivity contribution in [1.29, 1.82) is 0 Å². The van der Waals surface area contributed by atoms with Crippen LogP contribution in [0.2, 0.25) is 0 Å². The lowest BCUT2D eigenvalue weighted by molar-refractivity contribution is 0.341. The van der Waals surface area contributed by atoms with Gasteiger partial charge in [-0.1, -0.05) is 33.6 Å². The van der Waals surface area contributed by atoms with Crippen LogP contribution in [-0.2, 0) is 5.41 Å². The first kappa shape index (κ1) is 13.7. The predicted octanol–water partition coefficient (Wildman–Crippen LogP) is 3.13. The summed E-state index contributed by atoms with van der Waals surface area (Å²) in [5, 5.41) is 0. The van der Waals surface area contributed by atoms with Crippen molar-refractivity contribution in [1.82, 2.24) is 9.97 Å². The van der Waals surface area contributed by atoms with Crippen LogP contribution >= 0.6 is 0 Å². The van der Waals surface area contributed by atoms with Gasteiger partial charge in [-0.2, -0.15) is 0 Å².